The molecule has 0 heterocycles. The van der Waals surface area contributed by atoms with Gasteiger partial charge < -0.3 is 0 Å². The maximum Gasteiger partial charge on any atom is 0.0867 e. The quantitative estimate of drug-likeness (QED) is 0.0277. The van der Waals surface area contributed by atoms with Gasteiger partial charge in [0.2, 0.25) is 0 Å². The van der Waals surface area contributed by atoms with Crippen molar-refractivity contribution in [2.75, 3.05) is 0 Å². The summed E-state index contributed by atoms with van der Waals surface area (Å²) < 4.78 is 3.42. The molecular formula is C81H133NP2Si4. The van der Waals surface area contributed by atoms with E-state index in [4.69, 9.17) is 0 Å². The van der Waals surface area contributed by atoms with Gasteiger partial charge in [-0.3, -0.25) is 0 Å². The Morgan fingerprint density at radius 2 is 0.466 bits per heavy atom. The Morgan fingerprint density at radius 1 is 0.273 bits per heavy atom. The van der Waals surface area contributed by atoms with Crippen LogP contribution in [0.2, 0.25) is 72.5 Å². The van der Waals surface area contributed by atoms with Crippen LogP contribution in [0.1, 0.15) is 248 Å². The zero-order valence-corrected chi connectivity index (χ0v) is 65.1. The van der Waals surface area contributed by atoms with E-state index >= 15 is 0 Å². The third-order valence-corrected chi connectivity index (χ3v) is 49.2. The van der Waals surface area contributed by atoms with E-state index in [-0.39, 0.29) is 0 Å². The fourth-order valence-electron chi connectivity index (χ4n) is 16.2. The maximum atomic E-state index is 3.42. The molecule has 0 N–H and O–H groups in total. The molecule has 7 heteroatoms. The first-order valence-corrected chi connectivity index (χ1v) is 51.0. The van der Waals surface area contributed by atoms with Crippen molar-refractivity contribution >= 4 is 90.4 Å². The van der Waals surface area contributed by atoms with Crippen LogP contribution < -0.4 is 42.0 Å². The molecule has 1 aliphatic carbocycles. The van der Waals surface area contributed by atoms with Crippen molar-refractivity contribution in [3.63, 3.8) is 0 Å². The van der Waals surface area contributed by atoms with Crippen molar-refractivity contribution in [1.29, 1.82) is 0 Å². The van der Waals surface area contributed by atoms with Crippen molar-refractivity contribution in [3.8, 4) is 0 Å². The third-order valence-electron chi connectivity index (χ3n) is 21.7. The number of benzene rings is 5. The molecule has 5 aromatic carbocycles. The first-order chi connectivity index (χ1) is 43.0. The molecule has 1 aliphatic rings. The predicted molar refractivity (Wildman–Crippen MR) is 416 cm³/mol. The van der Waals surface area contributed by atoms with Gasteiger partial charge in [-0.05, 0) is 45.2 Å². The molecule has 0 unspecified atom stereocenters. The first kappa shape index (κ1) is 74.8. The summed E-state index contributed by atoms with van der Waals surface area (Å²) in [5.74, 6) is 0. The van der Waals surface area contributed by atoms with Crippen LogP contribution in [0.5, 0.6) is 0 Å². The van der Waals surface area contributed by atoms with E-state index in [1.54, 1.807) is 53.1 Å². The summed E-state index contributed by atoms with van der Waals surface area (Å²) in [5.41, 5.74) is 3.19. The molecule has 0 fully saturated rings. The van der Waals surface area contributed by atoms with Gasteiger partial charge in [0.15, 0.2) is 0 Å². The van der Waals surface area contributed by atoms with Crippen LogP contribution in [-0.4, -0.2) is 42.8 Å². The number of unbranched alkanes of at least 4 members (excludes halogenated alkanes) is 12. The molecular weight excluding hydrogens is 1160 g/mol. The van der Waals surface area contributed by atoms with Gasteiger partial charge in [-0.1, -0.05) is 452 Å². The molecule has 0 aliphatic heterocycles. The molecule has 88 heavy (non-hydrogen) atoms. The summed E-state index contributed by atoms with van der Waals surface area (Å²) >= 11 is 0. The first-order valence-electron chi connectivity index (χ1n) is 37.9. The number of nitrogens with zero attached hydrogens (tertiary/aromatic N) is 1. The molecule has 5 aromatic rings. The van der Waals surface area contributed by atoms with Crippen molar-refractivity contribution in [3.05, 3.63) is 132 Å². The Balaban J connectivity index is 1.85. The monoisotopic (exact) mass is 1290 g/mol. The van der Waals surface area contributed by atoms with Gasteiger partial charge in [-0.15, -0.1) is 0 Å². The minimum absolute atomic E-state index is 0.378. The average molecular weight is 1300 g/mol. The average Bonchev–Trinajstić information content (AvgIpc) is 2.87. The third kappa shape index (κ3) is 20.2. The maximum absolute atomic E-state index is 3.42. The second-order valence-corrected chi connectivity index (χ2v) is 51.4. The summed E-state index contributed by atoms with van der Waals surface area (Å²) in [4.78, 5) is 0. The van der Waals surface area contributed by atoms with Crippen LogP contribution in [-0.2, 0) is 12.8 Å². The van der Waals surface area contributed by atoms with Crippen molar-refractivity contribution in [2.45, 2.75) is 329 Å². The second kappa shape index (κ2) is 40.1. The van der Waals surface area contributed by atoms with E-state index in [2.05, 4.69) is 209 Å². The van der Waals surface area contributed by atoms with E-state index in [1.165, 1.54) is 227 Å². The molecule has 6 rings (SSSR count). The predicted octanol–water partition coefficient (Wildman–Crippen LogP) is 22.8. The smallest absolute Gasteiger partial charge is 0.0867 e. The van der Waals surface area contributed by atoms with E-state index in [0.29, 0.717) is 6.04 Å². The van der Waals surface area contributed by atoms with Crippen molar-refractivity contribution in [1.82, 2.24) is 4.44 Å². The highest BCUT2D eigenvalue weighted by Gasteiger charge is 2.44. The minimum atomic E-state index is -1.88. The van der Waals surface area contributed by atoms with E-state index in [0.717, 1.165) is 12.8 Å². The molecule has 488 valence electrons. The number of hydrogen-bond acceptors (Lipinski definition) is 1. The van der Waals surface area contributed by atoms with Crippen LogP contribution >= 0.6 is 16.1 Å². The number of hydrogen-bond donors (Lipinski definition) is 0. The van der Waals surface area contributed by atoms with E-state index in [9.17, 15) is 0 Å². The molecule has 0 spiro atoms. The van der Waals surface area contributed by atoms with Gasteiger partial charge in [0.05, 0.1) is 32.3 Å². The largest absolute Gasteiger partial charge is 0.241 e. The summed E-state index contributed by atoms with van der Waals surface area (Å²) in [5, 5.41) is 13.8. The normalized spacial score (nSPS) is 13.4. The zero-order valence-electron chi connectivity index (χ0n) is 59.3. The van der Waals surface area contributed by atoms with Crippen LogP contribution in [0.25, 0.3) is 0 Å². The molecule has 0 atom stereocenters. The van der Waals surface area contributed by atoms with Gasteiger partial charge in [0.1, 0.15) is 0 Å². The Kier molecular flexibility index (Phi) is 34.1. The fourth-order valence-corrected chi connectivity index (χ4v) is 45.6. The number of rotatable bonds is 47. The van der Waals surface area contributed by atoms with Gasteiger partial charge in [0.25, 0.3) is 0 Å². The highest BCUT2D eigenvalue weighted by atomic mass is 31.2. The summed E-state index contributed by atoms with van der Waals surface area (Å²) in [6.07, 6.45) is 34.2. The molecule has 0 saturated carbocycles. The van der Waals surface area contributed by atoms with Crippen LogP contribution in [0, 0.1) is 0 Å². The van der Waals surface area contributed by atoms with E-state index in [1.807, 2.05) is 0 Å². The Hall–Kier alpha value is -2.21. The molecule has 0 aromatic heterocycles. The molecule has 1 nitrogen and oxygen atoms in total. The molecule has 0 radical (unpaired) electrons. The van der Waals surface area contributed by atoms with Gasteiger partial charge in [-0.25, -0.2) is 4.44 Å². The topological polar surface area (TPSA) is 3.24 Å². The Bertz CT molecular complexity index is 2280. The van der Waals surface area contributed by atoms with Gasteiger partial charge in [0, 0.05) is 22.2 Å². The minimum Gasteiger partial charge on any atom is -0.241 e. The lowest BCUT2D eigenvalue weighted by atomic mass is 10.1. The highest BCUT2D eigenvalue weighted by molar-refractivity contribution is 7.84. The molecule has 0 amide bonds. The van der Waals surface area contributed by atoms with Crippen molar-refractivity contribution in [2.24, 2.45) is 0 Å². The van der Waals surface area contributed by atoms with Crippen molar-refractivity contribution < 1.29 is 0 Å². The van der Waals surface area contributed by atoms with E-state index < -0.39 is 48.4 Å². The summed E-state index contributed by atoms with van der Waals surface area (Å²) in [6, 6.07) is 71.4. The zero-order chi connectivity index (χ0) is 63.1. The van der Waals surface area contributed by atoms with Crippen LogP contribution in [0.15, 0.2) is 121 Å². The van der Waals surface area contributed by atoms with Gasteiger partial charge in [-0.2, -0.15) is 0 Å². The highest BCUT2D eigenvalue weighted by Crippen LogP contribution is 2.58. The SMILES string of the molecule is CCCC[Si](CCCC)(CCCC)c1cccc(P(c2cccc([Si](CCCC)(CCCC)CCCC)c2)N(C2Cc3ccccc3C2)P(c2cccc([Si](CCCC)(CCCC)CCCC)c2)c2cccc([Si](CCCC)(CCCC)CCCC)c2)c1. The summed E-state index contributed by atoms with van der Waals surface area (Å²) in [7, 11) is -9.57. The molecule has 0 saturated heterocycles. The van der Waals surface area contributed by atoms with Crippen LogP contribution in [0.4, 0.5) is 0 Å². The Morgan fingerprint density at radius 3 is 0.648 bits per heavy atom. The standard InChI is InChI=1S/C81H133NP2Si4/c1-13-25-53-85(54-26-14-2,55-27-15-3)78-49-39-45-74(67-78)83(75-46-40-50-79(68-75)86(56-28-16-4,57-29-17-5)58-30-18-6)82(73-65-71-43-37-38-44-72(71)66-73)84(76-47-41-51-80(69-76)87(59-31-19-7,60-32-20-8)61-33-21-9)77-48-42-52-81(70-77)88(62-34-22-10,63-35-23-11)64-36-24-12/h37-52,67-70,73H,13-36,53-66H2,1-12H3. The fraction of sp³-hybridized carbons (Fsp3) is 0.630. The summed E-state index contributed by atoms with van der Waals surface area (Å²) in [6.45, 7) is 29.5. The second-order valence-electron chi connectivity index (χ2n) is 28.3. The van der Waals surface area contributed by atoms with Crippen LogP contribution in [0.3, 0.4) is 0 Å². The lowest BCUT2D eigenvalue weighted by Crippen LogP contribution is -2.50. The van der Waals surface area contributed by atoms with Gasteiger partial charge >= 0.3 is 0 Å². The lowest BCUT2D eigenvalue weighted by molar-refractivity contribution is 0.519. The Labute approximate surface area is 552 Å². The lowest BCUT2D eigenvalue weighted by Gasteiger charge is -2.44. The molecule has 0 bridgehead atoms. The number of fused-ring (bicyclic) bond motifs is 1.